The van der Waals surface area contributed by atoms with Gasteiger partial charge in [-0.25, -0.2) is 0 Å². The van der Waals surface area contributed by atoms with Crippen molar-refractivity contribution in [2.24, 2.45) is 0 Å². The molecule has 1 unspecified atom stereocenters. The third-order valence-electron chi connectivity index (χ3n) is 5.28. The van der Waals surface area contributed by atoms with Crippen molar-refractivity contribution in [3.8, 4) is 0 Å². The lowest BCUT2D eigenvalue weighted by Gasteiger charge is -2.27. The zero-order chi connectivity index (χ0) is 18.1. The van der Waals surface area contributed by atoms with Gasteiger partial charge in [0.1, 0.15) is 0 Å². The van der Waals surface area contributed by atoms with Crippen LogP contribution in [0.3, 0.4) is 0 Å². The Morgan fingerprint density at radius 2 is 1.96 bits per heavy atom. The first-order valence-electron chi connectivity index (χ1n) is 9.21. The highest BCUT2D eigenvalue weighted by Gasteiger charge is 2.24. The van der Waals surface area contributed by atoms with E-state index in [4.69, 9.17) is 5.73 Å². The predicted molar refractivity (Wildman–Crippen MR) is 109 cm³/mol. The first-order valence-corrected chi connectivity index (χ1v) is 9.21. The molecule has 1 fully saturated rings. The summed E-state index contributed by atoms with van der Waals surface area (Å²) in [5, 5.41) is 3.16. The number of anilines is 2. The molecule has 0 bridgehead atoms. The summed E-state index contributed by atoms with van der Waals surface area (Å²) in [6, 6.07) is 13.3. The number of hydrogen-bond acceptors (Lipinski definition) is 3. The van der Waals surface area contributed by atoms with Crippen LogP contribution in [0.15, 0.2) is 42.5 Å². The SMILES string of the molecule is Cl.Nc1ccc2c(c1)CCCC2NC(=O)c1cccc(N2CCCC2=O)c1. The molecule has 6 heteroatoms. The normalized spacial score (nSPS) is 18.6. The summed E-state index contributed by atoms with van der Waals surface area (Å²) in [6.45, 7) is 0.724. The van der Waals surface area contributed by atoms with Crippen molar-refractivity contribution in [1.29, 1.82) is 0 Å². The van der Waals surface area contributed by atoms with Crippen molar-refractivity contribution in [3.05, 3.63) is 59.2 Å². The number of hydrogen-bond donors (Lipinski definition) is 2. The lowest BCUT2D eigenvalue weighted by atomic mass is 9.87. The molecule has 5 nitrogen and oxygen atoms in total. The average molecular weight is 386 g/mol. The van der Waals surface area contributed by atoms with E-state index in [-0.39, 0.29) is 30.3 Å². The monoisotopic (exact) mass is 385 g/mol. The molecular formula is C21H24ClN3O2. The van der Waals surface area contributed by atoms with Gasteiger partial charge in [-0.05, 0) is 67.1 Å². The predicted octanol–water partition coefficient (Wildman–Crippen LogP) is 3.62. The highest BCUT2D eigenvalue weighted by Crippen LogP contribution is 2.31. The van der Waals surface area contributed by atoms with Crippen molar-refractivity contribution in [3.63, 3.8) is 0 Å². The van der Waals surface area contributed by atoms with Crippen molar-refractivity contribution < 1.29 is 9.59 Å². The molecule has 1 heterocycles. The maximum absolute atomic E-state index is 12.8. The number of rotatable bonds is 3. The molecule has 2 aliphatic rings. The zero-order valence-corrected chi connectivity index (χ0v) is 15.9. The molecule has 0 spiro atoms. The van der Waals surface area contributed by atoms with Gasteiger partial charge in [-0.1, -0.05) is 12.1 Å². The van der Waals surface area contributed by atoms with Gasteiger partial charge < -0.3 is 16.0 Å². The molecule has 1 atom stereocenters. The minimum atomic E-state index is -0.104. The Balaban J connectivity index is 0.00000210. The highest BCUT2D eigenvalue weighted by molar-refractivity contribution is 5.99. The standard InChI is InChI=1S/C21H23N3O2.ClH/c22-16-9-10-18-14(12-16)4-2-7-19(18)23-21(26)15-5-1-6-17(13-15)24-11-3-8-20(24)25;/h1,5-6,9-10,12-13,19H,2-4,7-8,11,22H2,(H,23,26);1H. The van der Waals surface area contributed by atoms with E-state index in [1.807, 2.05) is 36.4 Å². The van der Waals surface area contributed by atoms with Gasteiger partial charge in [0.25, 0.3) is 5.91 Å². The molecule has 142 valence electrons. The molecular weight excluding hydrogens is 362 g/mol. The van der Waals surface area contributed by atoms with Crippen LogP contribution < -0.4 is 16.0 Å². The molecule has 2 aromatic carbocycles. The molecule has 2 amide bonds. The van der Waals surface area contributed by atoms with E-state index >= 15 is 0 Å². The number of halogens is 1. The van der Waals surface area contributed by atoms with Gasteiger partial charge in [0.05, 0.1) is 6.04 Å². The van der Waals surface area contributed by atoms with Crippen LogP contribution >= 0.6 is 12.4 Å². The Kier molecular flexibility index (Phi) is 5.71. The van der Waals surface area contributed by atoms with Crippen molar-refractivity contribution in [1.82, 2.24) is 5.32 Å². The summed E-state index contributed by atoms with van der Waals surface area (Å²) < 4.78 is 0. The summed E-state index contributed by atoms with van der Waals surface area (Å²) in [5.74, 6) is 0.0227. The molecule has 1 aliphatic heterocycles. The minimum Gasteiger partial charge on any atom is -0.399 e. The van der Waals surface area contributed by atoms with Crippen LogP contribution in [0, 0.1) is 0 Å². The fourth-order valence-corrected chi connectivity index (χ4v) is 3.96. The molecule has 27 heavy (non-hydrogen) atoms. The number of benzene rings is 2. The molecule has 1 saturated heterocycles. The van der Waals surface area contributed by atoms with Crippen LogP contribution in [0.2, 0.25) is 0 Å². The van der Waals surface area contributed by atoms with E-state index in [1.54, 1.807) is 11.0 Å². The fourth-order valence-electron chi connectivity index (χ4n) is 3.96. The molecule has 1 aliphatic carbocycles. The van der Waals surface area contributed by atoms with Crippen LogP contribution in [-0.2, 0) is 11.2 Å². The Labute approximate surface area is 165 Å². The first-order chi connectivity index (χ1) is 12.6. The van der Waals surface area contributed by atoms with Gasteiger partial charge in [0.15, 0.2) is 0 Å². The second-order valence-corrected chi connectivity index (χ2v) is 7.08. The van der Waals surface area contributed by atoms with Crippen LogP contribution in [-0.4, -0.2) is 18.4 Å². The summed E-state index contributed by atoms with van der Waals surface area (Å²) in [5.41, 5.74) is 10.4. The maximum Gasteiger partial charge on any atom is 0.251 e. The van der Waals surface area contributed by atoms with E-state index in [9.17, 15) is 9.59 Å². The third-order valence-corrected chi connectivity index (χ3v) is 5.28. The molecule has 2 aromatic rings. The topological polar surface area (TPSA) is 75.4 Å². The Bertz CT molecular complexity index is 868. The number of aryl methyl sites for hydroxylation is 1. The van der Waals surface area contributed by atoms with Crippen LogP contribution in [0.25, 0.3) is 0 Å². The summed E-state index contributed by atoms with van der Waals surface area (Å²) in [4.78, 5) is 26.5. The van der Waals surface area contributed by atoms with E-state index < -0.39 is 0 Å². The number of amides is 2. The van der Waals surface area contributed by atoms with E-state index in [0.29, 0.717) is 12.0 Å². The number of fused-ring (bicyclic) bond motifs is 1. The number of nitrogens with zero attached hydrogens (tertiary/aromatic N) is 1. The average Bonchev–Trinajstić information content (AvgIpc) is 3.08. The Morgan fingerprint density at radius 3 is 2.74 bits per heavy atom. The van der Waals surface area contributed by atoms with E-state index in [0.717, 1.165) is 49.2 Å². The quantitative estimate of drug-likeness (QED) is 0.792. The van der Waals surface area contributed by atoms with Crippen LogP contribution in [0.5, 0.6) is 0 Å². The Morgan fingerprint density at radius 1 is 1.11 bits per heavy atom. The second-order valence-electron chi connectivity index (χ2n) is 7.08. The van der Waals surface area contributed by atoms with E-state index in [2.05, 4.69) is 5.32 Å². The molecule has 0 radical (unpaired) electrons. The summed E-state index contributed by atoms with van der Waals surface area (Å²) in [7, 11) is 0. The second kappa shape index (κ2) is 8.01. The van der Waals surface area contributed by atoms with Crippen LogP contribution in [0.4, 0.5) is 11.4 Å². The van der Waals surface area contributed by atoms with Gasteiger partial charge >= 0.3 is 0 Å². The van der Waals surface area contributed by atoms with Crippen molar-refractivity contribution in [2.75, 3.05) is 17.2 Å². The van der Waals surface area contributed by atoms with Crippen LogP contribution in [0.1, 0.15) is 53.2 Å². The largest absolute Gasteiger partial charge is 0.399 e. The minimum absolute atomic E-state index is 0. The fraction of sp³-hybridized carbons (Fsp3) is 0.333. The third kappa shape index (κ3) is 3.93. The maximum atomic E-state index is 12.8. The number of carbonyl (C=O) groups is 2. The highest BCUT2D eigenvalue weighted by atomic mass is 35.5. The molecule has 4 rings (SSSR count). The summed E-state index contributed by atoms with van der Waals surface area (Å²) in [6.07, 6.45) is 4.41. The van der Waals surface area contributed by atoms with Gasteiger partial charge in [-0.15, -0.1) is 12.4 Å². The Hall–Kier alpha value is -2.53. The first kappa shape index (κ1) is 19.2. The van der Waals surface area contributed by atoms with Crippen molar-refractivity contribution >= 4 is 35.6 Å². The number of nitrogens with two attached hydrogens (primary N) is 1. The molecule has 3 N–H and O–H groups in total. The lowest BCUT2D eigenvalue weighted by molar-refractivity contribution is -0.117. The smallest absolute Gasteiger partial charge is 0.251 e. The molecule has 0 saturated carbocycles. The van der Waals surface area contributed by atoms with E-state index in [1.165, 1.54) is 5.56 Å². The van der Waals surface area contributed by atoms with Gasteiger partial charge in [0.2, 0.25) is 5.91 Å². The number of carbonyl (C=O) groups excluding carboxylic acids is 2. The van der Waals surface area contributed by atoms with Gasteiger partial charge in [-0.3, -0.25) is 9.59 Å². The number of nitrogens with one attached hydrogen (secondary N) is 1. The van der Waals surface area contributed by atoms with Gasteiger partial charge in [-0.2, -0.15) is 0 Å². The summed E-state index contributed by atoms with van der Waals surface area (Å²) >= 11 is 0. The molecule has 0 aromatic heterocycles. The number of nitrogen functional groups attached to an aromatic ring is 1. The van der Waals surface area contributed by atoms with Gasteiger partial charge in [0, 0.05) is 29.9 Å². The van der Waals surface area contributed by atoms with Crippen molar-refractivity contribution in [2.45, 2.75) is 38.1 Å². The zero-order valence-electron chi connectivity index (χ0n) is 15.1. The lowest BCUT2D eigenvalue weighted by Crippen LogP contribution is -2.31.